The molecule has 0 saturated carbocycles. The number of nitrogens with zero attached hydrogens (tertiary/aromatic N) is 2. The Labute approximate surface area is 173 Å². The molecule has 156 valence electrons. The number of hydrogen-bond acceptors (Lipinski definition) is 4. The van der Waals surface area contributed by atoms with Crippen LogP contribution in [0.15, 0.2) is 53.4 Å². The number of amides is 1. The van der Waals surface area contributed by atoms with Crippen LogP contribution in [0.1, 0.15) is 24.0 Å². The zero-order valence-electron chi connectivity index (χ0n) is 17.0. The Morgan fingerprint density at radius 3 is 2.45 bits per heavy atom. The van der Waals surface area contributed by atoms with Crippen molar-refractivity contribution < 1.29 is 17.9 Å². The van der Waals surface area contributed by atoms with Crippen molar-refractivity contribution in [1.29, 1.82) is 0 Å². The summed E-state index contributed by atoms with van der Waals surface area (Å²) in [6.45, 7) is 3.29. The van der Waals surface area contributed by atoms with Crippen LogP contribution in [0.4, 0.5) is 0 Å². The SMILES string of the molecule is COc1ccc(C)cc1S(=O)(=O)N(CCc1ccccc1)CC(=O)N1CCCC1. The molecule has 1 fully saturated rings. The summed E-state index contributed by atoms with van der Waals surface area (Å²) in [6, 6.07) is 14.7. The van der Waals surface area contributed by atoms with Crippen LogP contribution in [-0.2, 0) is 21.2 Å². The molecule has 0 atom stereocenters. The lowest BCUT2D eigenvalue weighted by atomic mass is 10.1. The molecule has 3 rings (SSSR count). The summed E-state index contributed by atoms with van der Waals surface area (Å²) in [5, 5.41) is 0. The molecule has 1 amide bonds. The number of benzene rings is 2. The monoisotopic (exact) mass is 416 g/mol. The number of carbonyl (C=O) groups excluding carboxylic acids is 1. The average Bonchev–Trinajstić information content (AvgIpc) is 3.26. The minimum atomic E-state index is -3.90. The number of sulfonamides is 1. The lowest BCUT2D eigenvalue weighted by Gasteiger charge is -2.25. The van der Waals surface area contributed by atoms with Gasteiger partial charge in [-0.1, -0.05) is 36.4 Å². The Morgan fingerprint density at radius 1 is 1.10 bits per heavy atom. The predicted octanol–water partition coefficient (Wildman–Crippen LogP) is 2.86. The Kier molecular flexibility index (Phi) is 6.92. The first-order valence-electron chi connectivity index (χ1n) is 9.88. The molecule has 0 unspecified atom stereocenters. The highest BCUT2D eigenvalue weighted by atomic mass is 32.2. The summed E-state index contributed by atoms with van der Waals surface area (Å²) in [4.78, 5) is 14.6. The van der Waals surface area contributed by atoms with Crippen molar-refractivity contribution in [3.8, 4) is 5.75 Å². The Hall–Kier alpha value is -2.38. The summed E-state index contributed by atoms with van der Waals surface area (Å²) < 4.78 is 33.6. The van der Waals surface area contributed by atoms with Gasteiger partial charge in [0.2, 0.25) is 15.9 Å². The standard InChI is InChI=1S/C22H28N2O4S/c1-18-10-11-20(28-2)21(16-18)29(26,27)24(15-12-19-8-4-3-5-9-19)17-22(25)23-13-6-7-14-23/h3-5,8-11,16H,6-7,12-15,17H2,1-2H3. The lowest BCUT2D eigenvalue weighted by molar-refractivity contribution is -0.130. The Morgan fingerprint density at radius 2 is 1.79 bits per heavy atom. The average molecular weight is 417 g/mol. The fourth-order valence-electron chi connectivity index (χ4n) is 3.52. The number of methoxy groups -OCH3 is 1. The zero-order valence-corrected chi connectivity index (χ0v) is 17.8. The van der Waals surface area contributed by atoms with E-state index in [4.69, 9.17) is 4.74 Å². The van der Waals surface area contributed by atoms with Gasteiger partial charge in [0.1, 0.15) is 10.6 Å². The number of hydrogen-bond donors (Lipinski definition) is 0. The summed E-state index contributed by atoms with van der Waals surface area (Å²) >= 11 is 0. The highest BCUT2D eigenvalue weighted by molar-refractivity contribution is 7.89. The molecule has 0 aliphatic carbocycles. The maximum absolute atomic E-state index is 13.5. The fourth-order valence-corrected chi connectivity index (χ4v) is 5.16. The van der Waals surface area contributed by atoms with Crippen molar-refractivity contribution in [3.63, 3.8) is 0 Å². The quantitative estimate of drug-likeness (QED) is 0.664. The first-order valence-corrected chi connectivity index (χ1v) is 11.3. The third-order valence-corrected chi connectivity index (χ3v) is 7.07. The van der Waals surface area contributed by atoms with E-state index < -0.39 is 10.0 Å². The third-order valence-electron chi connectivity index (χ3n) is 5.20. The van der Waals surface area contributed by atoms with Crippen LogP contribution in [0.25, 0.3) is 0 Å². The number of likely N-dealkylation sites (tertiary alicyclic amines) is 1. The summed E-state index contributed by atoms with van der Waals surface area (Å²) in [5.41, 5.74) is 1.84. The number of ether oxygens (including phenoxy) is 1. The van der Waals surface area contributed by atoms with Gasteiger partial charge in [0.05, 0.1) is 13.7 Å². The van der Waals surface area contributed by atoms with Gasteiger partial charge in [0, 0.05) is 19.6 Å². The molecule has 2 aromatic rings. The smallest absolute Gasteiger partial charge is 0.247 e. The van der Waals surface area contributed by atoms with Crippen molar-refractivity contribution >= 4 is 15.9 Å². The van der Waals surface area contributed by atoms with E-state index in [2.05, 4.69) is 0 Å². The number of aryl methyl sites for hydroxylation is 1. The second kappa shape index (κ2) is 9.41. The van der Waals surface area contributed by atoms with Crippen molar-refractivity contribution in [2.45, 2.75) is 31.1 Å². The summed E-state index contributed by atoms with van der Waals surface area (Å²) in [6.07, 6.45) is 2.46. The molecule has 29 heavy (non-hydrogen) atoms. The molecule has 1 heterocycles. The van der Waals surface area contributed by atoms with E-state index in [1.165, 1.54) is 11.4 Å². The minimum absolute atomic E-state index is 0.0993. The van der Waals surface area contributed by atoms with Crippen LogP contribution in [0.5, 0.6) is 5.75 Å². The molecule has 0 spiro atoms. The van der Waals surface area contributed by atoms with Crippen molar-refractivity contribution in [2.75, 3.05) is 33.3 Å². The maximum Gasteiger partial charge on any atom is 0.247 e. The van der Waals surface area contributed by atoms with E-state index in [-0.39, 0.29) is 29.6 Å². The van der Waals surface area contributed by atoms with Crippen LogP contribution in [-0.4, -0.2) is 56.8 Å². The molecule has 1 aliphatic rings. The fraction of sp³-hybridized carbons (Fsp3) is 0.409. The first-order chi connectivity index (χ1) is 13.9. The molecule has 1 saturated heterocycles. The highest BCUT2D eigenvalue weighted by Crippen LogP contribution is 2.28. The molecule has 7 heteroatoms. The molecule has 0 N–H and O–H groups in total. The van der Waals surface area contributed by atoms with E-state index in [0.29, 0.717) is 19.5 Å². The van der Waals surface area contributed by atoms with Crippen LogP contribution in [0, 0.1) is 6.92 Å². The van der Waals surface area contributed by atoms with Crippen molar-refractivity contribution in [2.24, 2.45) is 0 Å². The predicted molar refractivity (Wildman–Crippen MR) is 112 cm³/mol. The van der Waals surface area contributed by atoms with E-state index in [0.717, 1.165) is 24.0 Å². The van der Waals surface area contributed by atoms with Crippen LogP contribution < -0.4 is 4.74 Å². The van der Waals surface area contributed by atoms with Crippen molar-refractivity contribution in [1.82, 2.24) is 9.21 Å². The van der Waals surface area contributed by atoms with Gasteiger partial charge < -0.3 is 9.64 Å². The summed E-state index contributed by atoms with van der Waals surface area (Å²) in [7, 11) is -2.45. The lowest BCUT2D eigenvalue weighted by Crippen LogP contribution is -2.42. The molecular weight excluding hydrogens is 388 g/mol. The van der Waals surface area contributed by atoms with Gasteiger partial charge >= 0.3 is 0 Å². The second-order valence-electron chi connectivity index (χ2n) is 7.32. The van der Waals surface area contributed by atoms with Gasteiger partial charge in [-0.3, -0.25) is 4.79 Å². The van der Waals surface area contributed by atoms with E-state index in [1.807, 2.05) is 43.3 Å². The van der Waals surface area contributed by atoms with Crippen LogP contribution in [0.3, 0.4) is 0 Å². The van der Waals surface area contributed by atoms with Crippen LogP contribution in [0.2, 0.25) is 0 Å². The van der Waals surface area contributed by atoms with Gasteiger partial charge in [-0.05, 0) is 49.4 Å². The molecule has 1 aliphatic heterocycles. The van der Waals surface area contributed by atoms with Crippen LogP contribution >= 0.6 is 0 Å². The van der Waals surface area contributed by atoms with E-state index in [9.17, 15) is 13.2 Å². The largest absolute Gasteiger partial charge is 0.495 e. The van der Waals surface area contributed by atoms with Gasteiger partial charge in [-0.2, -0.15) is 4.31 Å². The zero-order chi connectivity index (χ0) is 20.9. The molecular formula is C22H28N2O4S. The van der Waals surface area contributed by atoms with Gasteiger partial charge in [0.25, 0.3) is 0 Å². The molecule has 0 radical (unpaired) electrons. The molecule has 2 aromatic carbocycles. The van der Waals surface area contributed by atoms with Gasteiger partial charge in [0.15, 0.2) is 0 Å². The number of rotatable bonds is 8. The van der Waals surface area contributed by atoms with E-state index in [1.54, 1.807) is 17.0 Å². The molecule has 0 aromatic heterocycles. The van der Waals surface area contributed by atoms with Gasteiger partial charge in [-0.25, -0.2) is 8.42 Å². The topological polar surface area (TPSA) is 66.9 Å². The maximum atomic E-state index is 13.5. The Bertz CT molecular complexity index is 939. The minimum Gasteiger partial charge on any atom is -0.495 e. The number of carbonyl (C=O) groups is 1. The van der Waals surface area contributed by atoms with E-state index >= 15 is 0 Å². The Balaban J connectivity index is 1.89. The van der Waals surface area contributed by atoms with Gasteiger partial charge in [-0.15, -0.1) is 0 Å². The van der Waals surface area contributed by atoms with Crippen molar-refractivity contribution in [3.05, 3.63) is 59.7 Å². The first kappa shape index (κ1) is 21.3. The molecule has 0 bridgehead atoms. The molecule has 6 nitrogen and oxygen atoms in total. The normalized spacial score (nSPS) is 14.4. The summed E-state index contributed by atoms with van der Waals surface area (Å²) in [5.74, 6) is 0.139. The third kappa shape index (κ3) is 5.16. The second-order valence-corrected chi connectivity index (χ2v) is 9.22. The highest BCUT2D eigenvalue weighted by Gasteiger charge is 2.31.